The smallest absolute Gasteiger partial charge is 0.239 e. The molecule has 7 heteroatoms. The minimum Gasteiger partial charge on any atom is -0.325 e. The highest BCUT2D eigenvalue weighted by Crippen LogP contribution is 2.39. The van der Waals surface area contributed by atoms with Crippen molar-refractivity contribution < 1.29 is 22.0 Å². The van der Waals surface area contributed by atoms with Gasteiger partial charge in [0, 0.05) is 11.8 Å². The van der Waals surface area contributed by atoms with Crippen molar-refractivity contribution in [3.05, 3.63) is 64.7 Å². The van der Waals surface area contributed by atoms with Gasteiger partial charge in [-0.25, -0.2) is 17.2 Å². The first-order chi connectivity index (χ1) is 11.8. The summed E-state index contributed by atoms with van der Waals surface area (Å²) < 4.78 is 52.5. The molecule has 4 nitrogen and oxygen atoms in total. The number of aryl methyl sites for hydroxylation is 1. The molecule has 1 atom stereocenters. The molecule has 0 radical (unpaired) electrons. The van der Waals surface area contributed by atoms with E-state index in [0.717, 1.165) is 17.7 Å². The second-order valence-electron chi connectivity index (χ2n) is 6.15. The Balaban J connectivity index is 1.80. The van der Waals surface area contributed by atoms with E-state index in [1.54, 1.807) is 31.2 Å². The van der Waals surface area contributed by atoms with Crippen molar-refractivity contribution in [2.24, 2.45) is 0 Å². The molecule has 0 saturated heterocycles. The molecule has 25 heavy (non-hydrogen) atoms. The van der Waals surface area contributed by atoms with Gasteiger partial charge < -0.3 is 5.32 Å². The Bertz CT molecular complexity index is 941. The third kappa shape index (κ3) is 3.56. The van der Waals surface area contributed by atoms with Crippen LogP contribution in [-0.4, -0.2) is 20.1 Å². The van der Waals surface area contributed by atoms with Gasteiger partial charge in [-0.15, -0.1) is 0 Å². The largest absolute Gasteiger partial charge is 0.325 e. The van der Waals surface area contributed by atoms with Crippen molar-refractivity contribution in [3.63, 3.8) is 0 Å². The van der Waals surface area contributed by atoms with E-state index < -0.39 is 38.4 Å². The third-order valence-electron chi connectivity index (χ3n) is 4.38. The van der Waals surface area contributed by atoms with Gasteiger partial charge in [-0.05, 0) is 48.6 Å². The fraction of sp³-hybridized carbons (Fsp3) is 0.278. The van der Waals surface area contributed by atoms with Gasteiger partial charge in [-0.2, -0.15) is 0 Å². The maximum absolute atomic E-state index is 13.8. The fourth-order valence-electron chi connectivity index (χ4n) is 3.16. The van der Waals surface area contributed by atoms with E-state index in [1.165, 1.54) is 0 Å². The number of sulfone groups is 1. The van der Waals surface area contributed by atoms with Crippen LogP contribution in [0.25, 0.3) is 0 Å². The number of carbonyl (C=O) groups is 1. The molecule has 1 N–H and O–H groups in total. The molecule has 0 aliphatic heterocycles. The fourth-order valence-corrected chi connectivity index (χ4v) is 4.87. The van der Waals surface area contributed by atoms with Crippen LogP contribution in [0.3, 0.4) is 0 Å². The number of para-hydroxylation sites is 1. The van der Waals surface area contributed by atoms with E-state index in [4.69, 9.17) is 0 Å². The number of benzene rings is 2. The lowest BCUT2D eigenvalue weighted by Crippen LogP contribution is -2.26. The van der Waals surface area contributed by atoms with Gasteiger partial charge in [0.1, 0.15) is 17.4 Å². The van der Waals surface area contributed by atoms with Gasteiger partial charge in [0.05, 0.1) is 5.25 Å². The van der Waals surface area contributed by atoms with Crippen molar-refractivity contribution in [2.75, 3.05) is 11.1 Å². The Labute approximate surface area is 144 Å². The average Bonchev–Trinajstić information content (AvgIpc) is 2.94. The Morgan fingerprint density at radius 3 is 2.68 bits per heavy atom. The number of hydrogen-bond acceptors (Lipinski definition) is 3. The number of fused-ring (bicyclic) bond motifs is 1. The van der Waals surface area contributed by atoms with Crippen LogP contribution < -0.4 is 5.32 Å². The highest BCUT2D eigenvalue weighted by atomic mass is 32.2. The molecule has 0 heterocycles. The zero-order valence-corrected chi connectivity index (χ0v) is 14.4. The number of anilines is 1. The average molecular weight is 365 g/mol. The van der Waals surface area contributed by atoms with Crippen molar-refractivity contribution in [1.29, 1.82) is 0 Å². The maximum Gasteiger partial charge on any atom is 0.239 e. The SMILES string of the molecule is Cc1ccccc1NC(=O)CS(=O)(=O)[C@@H]1CCc2c(F)cc(F)cc21. The van der Waals surface area contributed by atoms with Gasteiger partial charge in [-0.1, -0.05) is 18.2 Å². The molecule has 1 amide bonds. The lowest BCUT2D eigenvalue weighted by Gasteiger charge is -2.14. The van der Waals surface area contributed by atoms with Gasteiger partial charge in [-0.3, -0.25) is 4.79 Å². The Kier molecular flexibility index (Phi) is 4.60. The van der Waals surface area contributed by atoms with Crippen LogP contribution in [0, 0.1) is 18.6 Å². The number of hydrogen-bond donors (Lipinski definition) is 1. The normalized spacial score (nSPS) is 16.5. The molecular formula is C18H17F2NO3S. The lowest BCUT2D eigenvalue weighted by atomic mass is 10.1. The summed E-state index contributed by atoms with van der Waals surface area (Å²) in [5.74, 6) is -2.96. The van der Waals surface area contributed by atoms with Crippen LogP contribution in [-0.2, 0) is 21.1 Å². The Morgan fingerprint density at radius 1 is 1.24 bits per heavy atom. The number of amides is 1. The topological polar surface area (TPSA) is 63.2 Å². The molecule has 1 aliphatic carbocycles. The number of rotatable bonds is 4. The van der Waals surface area contributed by atoms with Gasteiger partial charge in [0.15, 0.2) is 9.84 Å². The Hall–Kier alpha value is -2.28. The molecule has 0 fully saturated rings. The van der Waals surface area contributed by atoms with Crippen molar-refractivity contribution >= 4 is 21.4 Å². The van der Waals surface area contributed by atoms with Crippen LogP contribution in [0.5, 0.6) is 0 Å². The van der Waals surface area contributed by atoms with Crippen LogP contribution in [0.15, 0.2) is 36.4 Å². The highest BCUT2D eigenvalue weighted by Gasteiger charge is 2.36. The zero-order chi connectivity index (χ0) is 18.2. The first kappa shape index (κ1) is 17.5. The summed E-state index contributed by atoms with van der Waals surface area (Å²) in [6.07, 6.45) is 0.362. The van der Waals surface area contributed by atoms with E-state index in [2.05, 4.69) is 5.32 Å². The molecule has 2 aromatic carbocycles. The van der Waals surface area contributed by atoms with Crippen LogP contribution >= 0.6 is 0 Å². The van der Waals surface area contributed by atoms with E-state index >= 15 is 0 Å². The standard InChI is InChI=1S/C18H17F2NO3S/c1-11-4-2-3-5-16(11)21-18(22)10-25(23,24)17-7-6-13-14(17)8-12(19)9-15(13)20/h2-5,8-9,17H,6-7,10H2,1H3,(H,21,22)/t17-/m1/s1. The second-order valence-corrected chi connectivity index (χ2v) is 8.34. The molecule has 0 unspecified atom stereocenters. The lowest BCUT2D eigenvalue weighted by molar-refractivity contribution is -0.113. The molecule has 0 bridgehead atoms. The molecule has 0 spiro atoms. The molecule has 132 valence electrons. The predicted octanol–water partition coefficient (Wildman–Crippen LogP) is 3.31. The second kappa shape index (κ2) is 6.55. The van der Waals surface area contributed by atoms with E-state index in [1.807, 2.05) is 0 Å². The summed E-state index contributed by atoms with van der Waals surface area (Å²) in [6, 6.07) is 8.81. The van der Waals surface area contributed by atoms with Gasteiger partial charge in [0.2, 0.25) is 5.91 Å². The predicted molar refractivity (Wildman–Crippen MR) is 91.0 cm³/mol. The van der Waals surface area contributed by atoms with E-state index in [0.29, 0.717) is 5.69 Å². The number of nitrogens with one attached hydrogen (secondary N) is 1. The van der Waals surface area contributed by atoms with Crippen LogP contribution in [0.1, 0.15) is 28.4 Å². The molecule has 2 aromatic rings. The number of halogens is 2. The first-order valence-corrected chi connectivity index (χ1v) is 9.54. The highest BCUT2D eigenvalue weighted by molar-refractivity contribution is 7.92. The zero-order valence-electron chi connectivity index (χ0n) is 13.6. The molecule has 0 saturated carbocycles. The third-order valence-corrected chi connectivity index (χ3v) is 6.40. The van der Waals surface area contributed by atoms with Crippen LogP contribution in [0.2, 0.25) is 0 Å². The first-order valence-electron chi connectivity index (χ1n) is 7.83. The number of carbonyl (C=O) groups excluding carboxylic acids is 1. The summed E-state index contributed by atoms with van der Waals surface area (Å²) in [4.78, 5) is 12.1. The monoisotopic (exact) mass is 365 g/mol. The summed E-state index contributed by atoms with van der Waals surface area (Å²) in [7, 11) is -3.88. The van der Waals surface area contributed by atoms with Crippen molar-refractivity contribution in [2.45, 2.75) is 25.0 Å². The van der Waals surface area contributed by atoms with E-state index in [9.17, 15) is 22.0 Å². The van der Waals surface area contributed by atoms with Gasteiger partial charge in [0.25, 0.3) is 0 Å². The maximum atomic E-state index is 13.8. The van der Waals surface area contributed by atoms with E-state index in [-0.39, 0.29) is 24.0 Å². The molecule has 3 rings (SSSR count). The molecule has 0 aromatic heterocycles. The van der Waals surface area contributed by atoms with Crippen LogP contribution in [0.4, 0.5) is 14.5 Å². The summed E-state index contributed by atoms with van der Waals surface area (Å²) >= 11 is 0. The quantitative estimate of drug-likeness (QED) is 0.904. The van der Waals surface area contributed by atoms with Crippen molar-refractivity contribution in [1.82, 2.24) is 0 Å². The summed E-state index contributed by atoms with van der Waals surface area (Å²) in [6.45, 7) is 1.79. The molecular weight excluding hydrogens is 348 g/mol. The molecule has 1 aliphatic rings. The Morgan fingerprint density at radius 2 is 1.96 bits per heavy atom. The minimum atomic E-state index is -3.88. The van der Waals surface area contributed by atoms with Crippen molar-refractivity contribution in [3.8, 4) is 0 Å². The van der Waals surface area contributed by atoms with Gasteiger partial charge >= 0.3 is 0 Å². The minimum absolute atomic E-state index is 0.126. The summed E-state index contributed by atoms with van der Waals surface area (Å²) in [5, 5.41) is 1.51. The summed E-state index contributed by atoms with van der Waals surface area (Å²) in [5.41, 5.74) is 1.69.